The van der Waals surface area contributed by atoms with Gasteiger partial charge in [0, 0.05) is 12.5 Å². The Kier molecular flexibility index (Phi) is 4.08. The Hall–Kier alpha value is -0.930. The lowest BCUT2D eigenvalue weighted by Crippen LogP contribution is -2.50. The van der Waals surface area contributed by atoms with E-state index in [1.807, 2.05) is 6.07 Å². The number of benzene rings is 1. The van der Waals surface area contributed by atoms with E-state index in [-0.39, 0.29) is 5.82 Å². The Morgan fingerprint density at radius 3 is 2.80 bits per heavy atom. The van der Waals surface area contributed by atoms with Crippen molar-refractivity contribution < 1.29 is 4.39 Å². The van der Waals surface area contributed by atoms with E-state index in [9.17, 15) is 4.39 Å². The van der Waals surface area contributed by atoms with Crippen LogP contribution in [0.2, 0.25) is 0 Å². The number of nitrogens with one attached hydrogen (secondary N) is 1. The molecule has 0 radical (unpaired) electrons. The first-order valence-corrected chi connectivity index (χ1v) is 7.92. The minimum absolute atomic E-state index is 0.103. The molecule has 0 amide bonds. The van der Waals surface area contributed by atoms with Gasteiger partial charge >= 0.3 is 0 Å². The second-order valence-corrected chi connectivity index (χ2v) is 6.36. The molecule has 2 aliphatic rings. The molecule has 2 aliphatic heterocycles. The van der Waals surface area contributed by atoms with Gasteiger partial charge in [0.1, 0.15) is 5.82 Å². The highest BCUT2D eigenvalue weighted by Gasteiger charge is 2.43. The first-order chi connectivity index (χ1) is 9.73. The Balaban J connectivity index is 1.84. The standard InChI is InChI=1S/C17H25FN2/c1-2-20-10-7-17(8-11-20)6-9-19-13-16(17)14-4-3-5-15(18)12-14/h3-5,12,16,19H,2,6-11,13H2,1H3. The molecule has 0 aliphatic carbocycles. The number of piperidine rings is 2. The Labute approximate surface area is 121 Å². The minimum Gasteiger partial charge on any atom is -0.316 e. The molecular weight excluding hydrogens is 251 g/mol. The van der Waals surface area contributed by atoms with Crippen LogP contribution in [0.5, 0.6) is 0 Å². The summed E-state index contributed by atoms with van der Waals surface area (Å²) in [6, 6.07) is 7.25. The molecule has 2 nitrogen and oxygen atoms in total. The Morgan fingerprint density at radius 1 is 1.30 bits per heavy atom. The van der Waals surface area contributed by atoms with Crippen molar-refractivity contribution in [3.63, 3.8) is 0 Å². The first kappa shape index (κ1) is 14.0. The zero-order valence-electron chi connectivity index (χ0n) is 12.4. The van der Waals surface area contributed by atoms with Crippen LogP contribution >= 0.6 is 0 Å². The average molecular weight is 276 g/mol. The highest BCUT2D eigenvalue weighted by molar-refractivity contribution is 5.25. The molecule has 3 heteroatoms. The number of nitrogens with zero attached hydrogens (tertiary/aromatic N) is 1. The van der Waals surface area contributed by atoms with Gasteiger partial charge in [-0.15, -0.1) is 0 Å². The van der Waals surface area contributed by atoms with Gasteiger partial charge in [0.05, 0.1) is 0 Å². The molecule has 0 aromatic heterocycles. The molecule has 3 rings (SSSR count). The summed E-state index contributed by atoms with van der Waals surface area (Å²) in [4.78, 5) is 2.54. The monoisotopic (exact) mass is 276 g/mol. The topological polar surface area (TPSA) is 15.3 Å². The highest BCUT2D eigenvalue weighted by Crippen LogP contribution is 2.48. The molecule has 1 aromatic rings. The summed E-state index contributed by atoms with van der Waals surface area (Å²) in [5, 5.41) is 3.51. The van der Waals surface area contributed by atoms with Crippen molar-refractivity contribution in [2.45, 2.75) is 32.1 Å². The van der Waals surface area contributed by atoms with Crippen LogP contribution in [0.15, 0.2) is 24.3 Å². The second-order valence-electron chi connectivity index (χ2n) is 6.36. The molecule has 1 atom stereocenters. The normalized spacial score (nSPS) is 26.8. The largest absolute Gasteiger partial charge is 0.316 e. The summed E-state index contributed by atoms with van der Waals surface area (Å²) in [6.07, 6.45) is 3.74. The van der Waals surface area contributed by atoms with Crippen LogP contribution in [0.3, 0.4) is 0 Å². The lowest BCUT2D eigenvalue weighted by Gasteiger charge is -2.49. The third kappa shape index (κ3) is 2.61. The van der Waals surface area contributed by atoms with Crippen molar-refractivity contribution in [3.8, 4) is 0 Å². The smallest absolute Gasteiger partial charge is 0.123 e. The molecule has 20 heavy (non-hydrogen) atoms. The van der Waals surface area contributed by atoms with Crippen LogP contribution < -0.4 is 5.32 Å². The third-order valence-electron chi connectivity index (χ3n) is 5.44. The lowest BCUT2D eigenvalue weighted by molar-refractivity contribution is 0.0562. The fraction of sp³-hybridized carbons (Fsp3) is 0.647. The van der Waals surface area contributed by atoms with Gasteiger partial charge < -0.3 is 10.2 Å². The maximum absolute atomic E-state index is 13.6. The molecule has 1 aromatic carbocycles. The van der Waals surface area contributed by atoms with E-state index >= 15 is 0 Å². The summed E-state index contributed by atoms with van der Waals surface area (Å²) < 4.78 is 13.6. The molecular formula is C17H25FN2. The van der Waals surface area contributed by atoms with Crippen molar-refractivity contribution >= 4 is 0 Å². The zero-order chi connectivity index (χ0) is 14.0. The quantitative estimate of drug-likeness (QED) is 0.893. The number of likely N-dealkylation sites (tertiary alicyclic amines) is 1. The van der Waals surface area contributed by atoms with Gasteiger partial charge in [0.2, 0.25) is 0 Å². The predicted molar refractivity (Wildman–Crippen MR) is 80.4 cm³/mol. The van der Waals surface area contributed by atoms with Gasteiger partial charge in [-0.1, -0.05) is 19.1 Å². The lowest BCUT2D eigenvalue weighted by atomic mass is 9.63. The summed E-state index contributed by atoms with van der Waals surface area (Å²) in [6.45, 7) is 7.89. The Morgan fingerprint density at radius 2 is 2.10 bits per heavy atom. The van der Waals surface area contributed by atoms with Crippen molar-refractivity contribution in [1.82, 2.24) is 10.2 Å². The molecule has 2 fully saturated rings. The number of hydrogen-bond donors (Lipinski definition) is 1. The van der Waals surface area contributed by atoms with Gasteiger partial charge in [-0.05, 0) is 68.6 Å². The molecule has 1 unspecified atom stereocenters. The zero-order valence-corrected chi connectivity index (χ0v) is 12.4. The van der Waals surface area contributed by atoms with Crippen LogP contribution in [0.25, 0.3) is 0 Å². The van der Waals surface area contributed by atoms with Crippen molar-refractivity contribution in [2.75, 3.05) is 32.7 Å². The van der Waals surface area contributed by atoms with E-state index in [0.717, 1.165) is 19.6 Å². The molecule has 0 saturated carbocycles. The van der Waals surface area contributed by atoms with Crippen LogP contribution in [-0.2, 0) is 0 Å². The van der Waals surface area contributed by atoms with Crippen LogP contribution in [0.4, 0.5) is 4.39 Å². The predicted octanol–water partition coefficient (Wildman–Crippen LogP) is 3.00. The molecule has 1 spiro atoms. The fourth-order valence-electron chi connectivity index (χ4n) is 4.08. The van der Waals surface area contributed by atoms with E-state index in [1.54, 1.807) is 12.1 Å². The van der Waals surface area contributed by atoms with E-state index in [4.69, 9.17) is 0 Å². The van der Waals surface area contributed by atoms with E-state index in [2.05, 4.69) is 23.2 Å². The molecule has 0 bridgehead atoms. The summed E-state index contributed by atoms with van der Waals surface area (Å²) >= 11 is 0. The first-order valence-electron chi connectivity index (χ1n) is 7.92. The van der Waals surface area contributed by atoms with Crippen LogP contribution in [0, 0.1) is 11.2 Å². The molecule has 2 heterocycles. The van der Waals surface area contributed by atoms with Gasteiger partial charge in [0.25, 0.3) is 0 Å². The maximum Gasteiger partial charge on any atom is 0.123 e. The Bertz CT molecular complexity index is 452. The maximum atomic E-state index is 13.6. The number of hydrogen-bond acceptors (Lipinski definition) is 2. The van der Waals surface area contributed by atoms with Crippen LogP contribution in [0.1, 0.15) is 37.7 Å². The van der Waals surface area contributed by atoms with Crippen molar-refractivity contribution in [3.05, 3.63) is 35.6 Å². The number of halogens is 1. The average Bonchev–Trinajstić information content (AvgIpc) is 2.48. The van der Waals surface area contributed by atoms with E-state index < -0.39 is 0 Å². The van der Waals surface area contributed by atoms with E-state index in [0.29, 0.717) is 11.3 Å². The number of rotatable bonds is 2. The van der Waals surface area contributed by atoms with Crippen molar-refractivity contribution in [1.29, 1.82) is 0 Å². The summed E-state index contributed by atoms with van der Waals surface area (Å²) in [5.41, 5.74) is 1.56. The minimum atomic E-state index is -0.103. The molecule has 2 saturated heterocycles. The van der Waals surface area contributed by atoms with Crippen molar-refractivity contribution in [2.24, 2.45) is 5.41 Å². The third-order valence-corrected chi connectivity index (χ3v) is 5.44. The van der Waals surface area contributed by atoms with Gasteiger partial charge in [0.15, 0.2) is 0 Å². The summed E-state index contributed by atoms with van der Waals surface area (Å²) in [7, 11) is 0. The molecule has 1 N–H and O–H groups in total. The highest BCUT2D eigenvalue weighted by atomic mass is 19.1. The molecule has 110 valence electrons. The van der Waals surface area contributed by atoms with E-state index in [1.165, 1.54) is 37.9 Å². The van der Waals surface area contributed by atoms with Gasteiger partial charge in [-0.25, -0.2) is 4.39 Å². The second kappa shape index (κ2) is 5.82. The van der Waals surface area contributed by atoms with Crippen LogP contribution in [-0.4, -0.2) is 37.6 Å². The van der Waals surface area contributed by atoms with Gasteiger partial charge in [-0.3, -0.25) is 0 Å². The summed E-state index contributed by atoms with van der Waals surface area (Å²) in [5.74, 6) is 0.361. The van der Waals surface area contributed by atoms with Gasteiger partial charge in [-0.2, -0.15) is 0 Å². The SMILES string of the molecule is CCN1CCC2(CCNCC2c2cccc(F)c2)CC1. The fourth-order valence-corrected chi connectivity index (χ4v) is 4.08.